The quantitative estimate of drug-likeness (QED) is 0.404. The highest BCUT2D eigenvalue weighted by Gasteiger charge is 2.47. The normalized spacial score (nSPS) is 22.5. The largest absolute Gasteiger partial charge is 0.364 e. The van der Waals surface area contributed by atoms with Crippen LogP contribution in [0.3, 0.4) is 0 Å². The lowest BCUT2D eigenvalue weighted by Gasteiger charge is -2.27. The Balaban J connectivity index is 1.18. The molecule has 0 radical (unpaired) electrons. The van der Waals surface area contributed by atoms with Crippen LogP contribution in [0.15, 0.2) is 65.0 Å². The minimum Gasteiger partial charge on any atom is -0.364 e. The first-order valence-corrected chi connectivity index (χ1v) is 14.8. The SMILES string of the molecule is Cc1ncc(C2=NC3C(C(N)=O)=NN(CC(=O)N4C[C@H](F)C[C@H]4C(=O)Nc4cccc(-c5ccccc5Cl)c4F)C3S2)cn1. The van der Waals surface area contributed by atoms with E-state index in [1.54, 1.807) is 49.6 Å². The van der Waals surface area contributed by atoms with Crippen molar-refractivity contribution in [2.45, 2.75) is 37.0 Å². The summed E-state index contributed by atoms with van der Waals surface area (Å²) in [4.78, 5) is 53.1. The van der Waals surface area contributed by atoms with Crippen LogP contribution < -0.4 is 11.1 Å². The van der Waals surface area contributed by atoms with Gasteiger partial charge in [-0.05, 0) is 19.1 Å². The van der Waals surface area contributed by atoms with Gasteiger partial charge in [0, 0.05) is 40.5 Å². The lowest BCUT2D eigenvalue weighted by Crippen LogP contribution is -2.47. The first-order chi connectivity index (χ1) is 21.1. The van der Waals surface area contributed by atoms with Gasteiger partial charge in [-0.15, -0.1) is 0 Å². The summed E-state index contributed by atoms with van der Waals surface area (Å²) in [6.07, 6.45) is 1.48. The summed E-state index contributed by atoms with van der Waals surface area (Å²) in [6.45, 7) is 1.05. The summed E-state index contributed by atoms with van der Waals surface area (Å²) in [6, 6.07) is 9.23. The Bertz CT molecular complexity index is 1720. The van der Waals surface area contributed by atoms with Crippen molar-refractivity contribution in [3.63, 3.8) is 0 Å². The molecule has 6 rings (SSSR count). The third kappa shape index (κ3) is 5.62. The average Bonchev–Trinajstić information content (AvgIpc) is 3.69. The molecule has 2 unspecified atom stereocenters. The molecule has 1 aromatic heterocycles. The number of hydrogen-bond acceptors (Lipinski definition) is 9. The summed E-state index contributed by atoms with van der Waals surface area (Å²) in [7, 11) is 0. The number of nitrogens with two attached hydrogens (primary N) is 1. The number of hydrazone groups is 1. The molecule has 44 heavy (non-hydrogen) atoms. The van der Waals surface area contributed by atoms with Crippen LogP contribution in [0.5, 0.6) is 0 Å². The molecule has 1 saturated heterocycles. The van der Waals surface area contributed by atoms with Crippen molar-refractivity contribution >= 4 is 57.5 Å². The minimum absolute atomic E-state index is 0.0220. The second-order valence-electron chi connectivity index (χ2n) is 10.4. The van der Waals surface area contributed by atoms with E-state index >= 15 is 4.39 Å². The van der Waals surface area contributed by atoms with Gasteiger partial charge in [-0.3, -0.25) is 24.4 Å². The van der Waals surface area contributed by atoms with Gasteiger partial charge in [0.05, 0.1) is 12.2 Å². The highest BCUT2D eigenvalue weighted by atomic mass is 35.5. The molecule has 0 aliphatic carbocycles. The number of carbonyl (C=O) groups is 3. The number of nitrogens with zero attached hydrogens (tertiary/aromatic N) is 6. The number of aromatic nitrogens is 2. The number of benzene rings is 2. The highest BCUT2D eigenvalue weighted by Crippen LogP contribution is 2.38. The topological polar surface area (TPSA) is 146 Å². The van der Waals surface area contributed by atoms with Gasteiger partial charge in [-0.2, -0.15) is 5.10 Å². The maximum absolute atomic E-state index is 15.5. The van der Waals surface area contributed by atoms with Crippen LogP contribution >= 0.6 is 23.4 Å². The molecule has 0 spiro atoms. The van der Waals surface area contributed by atoms with Crippen LogP contribution in [0, 0.1) is 12.7 Å². The van der Waals surface area contributed by atoms with Gasteiger partial charge >= 0.3 is 0 Å². The predicted octanol–water partition coefficient (Wildman–Crippen LogP) is 3.17. The number of nitrogens with one attached hydrogen (secondary N) is 1. The van der Waals surface area contributed by atoms with Gasteiger partial charge in [0.2, 0.25) is 11.8 Å². The zero-order valence-electron chi connectivity index (χ0n) is 23.2. The number of amides is 3. The van der Waals surface area contributed by atoms with Gasteiger partial charge in [0.1, 0.15) is 41.0 Å². The third-order valence-corrected chi connectivity index (χ3v) is 9.08. The van der Waals surface area contributed by atoms with Crippen molar-refractivity contribution in [1.82, 2.24) is 19.9 Å². The number of alkyl halides is 1. The number of rotatable bonds is 7. The van der Waals surface area contributed by atoms with E-state index in [0.717, 1.165) is 4.90 Å². The smallest absolute Gasteiger partial charge is 0.267 e. The van der Waals surface area contributed by atoms with E-state index in [9.17, 15) is 18.8 Å². The van der Waals surface area contributed by atoms with Gasteiger partial charge in [-0.1, -0.05) is 53.7 Å². The molecule has 0 bridgehead atoms. The Kier molecular flexibility index (Phi) is 8.03. The van der Waals surface area contributed by atoms with Gasteiger partial charge in [0.15, 0.2) is 11.5 Å². The molecule has 4 heterocycles. The lowest BCUT2D eigenvalue weighted by atomic mass is 10.0. The molecule has 3 N–H and O–H groups in total. The first-order valence-electron chi connectivity index (χ1n) is 13.6. The third-order valence-electron chi connectivity index (χ3n) is 7.44. The van der Waals surface area contributed by atoms with Crippen LogP contribution in [0.4, 0.5) is 14.5 Å². The highest BCUT2D eigenvalue weighted by molar-refractivity contribution is 8.15. The van der Waals surface area contributed by atoms with Gasteiger partial charge < -0.3 is 16.0 Å². The summed E-state index contributed by atoms with van der Waals surface area (Å²) >= 11 is 7.51. The van der Waals surface area contributed by atoms with Crippen molar-refractivity contribution in [2.75, 3.05) is 18.4 Å². The molecule has 3 aromatic rings. The van der Waals surface area contributed by atoms with Crippen LogP contribution in [-0.2, 0) is 14.4 Å². The summed E-state index contributed by atoms with van der Waals surface area (Å²) in [5.74, 6) is -2.27. The zero-order valence-corrected chi connectivity index (χ0v) is 24.7. The van der Waals surface area contributed by atoms with Gasteiger partial charge in [0.25, 0.3) is 5.91 Å². The molecular formula is C29H25ClF2N8O3S. The fraction of sp³-hybridized carbons (Fsp3) is 0.276. The Morgan fingerprint density at radius 3 is 2.57 bits per heavy atom. The summed E-state index contributed by atoms with van der Waals surface area (Å²) in [5.41, 5.74) is 6.65. The van der Waals surface area contributed by atoms with E-state index in [2.05, 4.69) is 25.4 Å². The molecule has 2 aromatic carbocycles. The molecule has 15 heteroatoms. The Labute approximate surface area is 259 Å². The minimum atomic E-state index is -1.47. The number of fused-ring (bicyclic) bond motifs is 1. The van der Waals surface area contributed by atoms with Crippen molar-refractivity contribution in [1.29, 1.82) is 0 Å². The van der Waals surface area contributed by atoms with Crippen molar-refractivity contribution in [3.8, 4) is 11.1 Å². The molecule has 3 amide bonds. The van der Waals surface area contributed by atoms with Crippen LogP contribution in [0.1, 0.15) is 17.8 Å². The van der Waals surface area contributed by atoms with Crippen molar-refractivity contribution < 1.29 is 23.2 Å². The van der Waals surface area contributed by atoms with Crippen LogP contribution in [-0.4, -0.2) is 85.1 Å². The van der Waals surface area contributed by atoms with E-state index in [0.29, 0.717) is 27.0 Å². The number of primary amides is 1. The van der Waals surface area contributed by atoms with Crippen LogP contribution in [0.25, 0.3) is 11.1 Å². The standard InChI is InChI=1S/C29H25ClF2N8O3S/c1-14-34-10-15(11-35-14)28-37-25-24(26(33)42)38-40(29(25)44-28)13-22(41)39-12-16(31)9-21(39)27(43)36-20-8-4-6-18(23(20)32)17-5-2-3-7-19(17)30/h2-8,10-11,16,21,25,29H,9,12-13H2,1H3,(H2,33,42)(H,36,43)/t16-,21+,25?,29?/m1/s1. The van der Waals surface area contributed by atoms with E-state index in [1.807, 2.05) is 0 Å². The molecule has 3 aliphatic rings. The average molecular weight is 639 g/mol. The van der Waals surface area contributed by atoms with Crippen molar-refractivity contribution in [3.05, 3.63) is 77.1 Å². The van der Waals surface area contributed by atoms with E-state index in [4.69, 9.17) is 17.3 Å². The van der Waals surface area contributed by atoms with E-state index < -0.39 is 47.2 Å². The summed E-state index contributed by atoms with van der Waals surface area (Å²) < 4.78 is 30.1. The Morgan fingerprint density at radius 1 is 1.11 bits per heavy atom. The number of anilines is 1. The monoisotopic (exact) mass is 638 g/mol. The number of thioether (sulfide) groups is 1. The first kappa shape index (κ1) is 29.6. The van der Waals surface area contributed by atoms with Crippen molar-refractivity contribution in [2.24, 2.45) is 15.8 Å². The predicted molar refractivity (Wildman–Crippen MR) is 162 cm³/mol. The number of likely N-dealkylation sites (tertiary alicyclic amines) is 1. The second-order valence-corrected chi connectivity index (χ2v) is 11.9. The maximum atomic E-state index is 15.5. The van der Waals surface area contributed by atoms with E-state index in [-0.39, 0.29) is 36.5 Å². The molecule has 3 aliphatic heterocycles. The molecule has 11 nitrogen and oxygen atoms in total. The maximum Gasteiger partial charge on any atom is 0.267 e. The number of aliphatic imine (C=N–C) groups is 1. The zero-order chi connectivity index (χ0) is 31.1. The Hall–Kier alpha value is -4.43. The molecular weight excluding hydrogens is 614 g/mol. The molecule has 4 atom stereocenters. The fourth-order valence-electron chi connectivity index (χ4n) is 5.31. The number of hydrogen-bond donors (Lipinski definition) is 2. The number of carbonyl (C=O) groups excluding carboxylic acids is 3. The Morgan fingerprint density at radius 2 is 1.84 bits per heavy atom. The van der Waals surface area contributed by atoms with Crippen LogP contribution in [0.2, 0.25) is 5.02 Å². The molecule has 0 saturated carbocycles. The lowest BCUT2D eigenvalue weighted by molar-refractivity contribution is -0.137. The fourth-order valence-corrected chi connectivity index (χ4v) is 6.75. The molecule has 226 valence electrons. The number of halogens is 3. The number of aryl methyl sites for hydroxylation is 1. The second kappa shape index (κ2) is 11.9. The van der Waals surface area contributed by atoms with E-state index in [1.165, 1.54) is 28.9 Å². The van der Waals surface area contributed by atoms with Gasteiger partial charge in [-0.25, -0.2) is 18.7 Å². The summed E-state index contributed by atoms with van der Waals surface area (Å²) in [5, 5.41) is 8.45. The molecule has 1 fully saturated rings.